The highest BCUT2D eigenvalue weighted by Crippen LogP contribution is 2.21. The van der Waals surface area contributed by atoms with E-state index in [-0.39, 0.29) is 18.6 Å². The van der Waals surface area contributed by atoms with Crippen molar-refractivity contribution in [1.29, 1.82) is 0 Å². The monoisotopic (exact) mass is 339 g/mol. The fraction of sp³-hybridized carbons (Fsp3) is 0.222. The van der Waals surface area contributed by atoms with E-state index >= 15 is 0 Å². The maximum atomic E-state index is 12.2. The smallest absolute Gasteiger partial charge is 0.262 e. The summed E-state index contributed by atoms with van der Waals surface area (Å²) >= 11 is 0. The third-order valence-electron chi connectivity index (χ3n) is 4.14. The lowest BCUT2D eigenvalue weighted by Gasteiger charge is -2.14. The summed E-state index contributed by atoms with van der Waals surface area (Å²) in [6, 6.07) is 8.26. The number of aromatic nitrogens is 1. The van der Waals surface area contributed by atoms with Crippen molar-refractivity contribution >= 4 is 17.7 Å². The molecule has 1 aliphatic heterocycles. The lowest BCUT2D eigenvalue weighted by atomic mass is 10.1. The number of aryl methyl sites for hydroxylation is 2. The van der Waals surface area contributed by atoms with Gasteiger partial charge >= 0.3 is 0 Å². The molecule has 0 spiro atoms. The number of pyridine rings is 1. The largest absolute Gasteiger partial charge is 0.350 e. The molecule has 2 heterocycles. The molecular weight excluding hydrogens is 322 g/mol. The van der Waals surface area contributed by atoms with Gasteiger partial charge in [0.15, 0.2) is 0 Å². The molecule has 128 valence electrons. The number of imide groups is 1. The maximum absolute atomic E-state index is 12.2. The summed E-state index contributed by atoms with van der Waals surface area (Å²) in [7, 11) is 0. The zero-order valence-corrected chi connectivity index (χ0v) is 13.9. The van der Waals surface area contributed by atoms with Crippen LogP contribution in [-0.2, 0) is 11.3 Å². The topological polar surface area (TPSA) is 99.3 Å². The van der Waals surface area contributed by atoms with Crippen LogP contribution in [0.15, 0.2) is 35.1 Å². The van der Waals surface area contributed by atoms with Gasteiger partial charge in [-0.3, -0.25) is 24.1 Å². The first-order valence-corrected chi connectivity index (χ1v) is 7.80. The molecule has 0 saturated heterocycles. The van der Waals surface area contributed by atoms with E-state index < -0.39 is 17.7 Å². The molecule has 0 unspecified atom stereocenters. The number of benzene rings is 1. The van der Waals surface area contributed by atoms with E-state index in [2.05, 4.69) is 10.3 Å². The van der Waals surface area contributed by atoms with Crippen LogP contribution in [0.2, 0.25) is 0 Å². The van der Waals surface area contributed by atoms with Crippen LogP contribution in [0.1, 0.15) is 37.5 Å². The van der Waals surface area contributed by atoms with Crippen molar-refractivity contribution in [1.82, 2.24) is 15.2 Å². The molecule has 0 saturated carbocycles. The summed E-state index contributed by atoms with van der Waals surface area (Å²) < 4.78 is 0. The molecule has 3 rings (SSSR count). The van der Waals surface area contributed by atoms with Gasteiger partial charge < -0.3 is 10.3 Å². The fourth-order valence-electron chi connectivity index (χ4n) is 2.87. The highest BCUT2D eigenvalue weighted by Gasteiger charge is 2.36. The van der Waals surface area contributed by atoms with Gasteiger partial charge in [-0.15, -0.1) is 0 Å². The highest BCUT2D eigenvalue weighted by molar-refractivity contribution is 6.22. The number of fused-ring (bicyclic) bond motifs is 1. The number of nitrogens with one attached hydrogen (secondary N) is 2. The molecule has 2 aromatic rings. The van der Waals surface area contributed by atoms with Gasteiger partial charge in [0, 0.05) is 17.8 Å². The first kappa shape index (κ1) is 16.6. The zero-order chi connectivity index (χ0) is 18.1. The van der Waals surface area contributed by atoms with Crippen LogP contribution < -0.4 is 10.9 Å². The Morgan fingerprint density at radius 1 is 1.08 bits per heavy atom. The van der Waals surface area contributed by atoms with E-state index in [1.54, 1.807) is 38.1 Å². The van der Waals surface area contributed by atoms with E-state index in [1.807, 2.05) is 6.07 Å². The molecule has 7 nitrogen and oxygen atoms in total. The third-order valence-corrected chi connectivity index (χ3v) is 4.14. The van der Waals surface area contributed by atoms with Gasteiger partial charge in [0.25, 0.3) is 17.4 Å². The van der Waals surface area contributed by atoms with E-state index in [4.69, 9.17) is 0 Å². The summed E-state index contributed by atoms with van der Waals surface area (Å²) in [5.41, 5.74) is 2.28. The summed E-state index contributed by atoms with van der Waals surface area (Å²) in [5, 5.41) is 2.59. The molecular formula is C18H17N3O4. The summed E-state index contributed by atoms with van der Waals surface area (Å²) in [6.45, 7) is 3.21. The summed E-state index contributed by atoms with van der Waals surface area (Å²) in [5.74, 6) is -1.48. The predicted octanol–water partition coefficient (Wildman–Crippen LogP) is 0.904. The molecule has 0 radical (unpaired) electrons. The van der Waals surface area contributed by atoms with Crippen LogP contribution in [0.3, 0.4) is 0 Å². The standard InChI is InChI=1S/C18H17N3O4/c1-10-7-11(2)20-16(23)14(10)8-19-15(22)9-21-17(24)12-5-3-4-6-13(12)18(21)25/h3-7H,8-9H2,1-2H3,(H,19,22)(H,20,23). The number of carbonyl (C=O) groups excluding carboxylic acids is 3. The van der Waals surface area contributed by atoms with Crippen LogP contribution in [0, 0.1) is 13.8 Å². The minimum absolute atomic E-state index is 0.0312. The quantitative estimate of drug-likeness (QED) is 0.809. The SMILES string of the molecule is Cc1cc(C)c(CNC(=O)CN2C(=O)c3ccccc3C2=O)c(=O)[nH]1. The van der Waals surface area contributed by atoms with Gasteiger partial charge in [-0.1, -0.05) is 12.1 Å². The molecule has 0 fully saturated rings. The van der Waals surface area contributed by atoms with Crippen molar-refractivity contribution in [2.24, 2.45) is 0 Å². The van der Waals surface area contributed by atoms with Gasteiger partial charge in [0.05, 0.1) is 11.1 Å². The number of H-pyrrole nitrogens is 1. The Kier molecular flexibility index (Phi) is 4.22. The number of amides is 3. The molecule has 0 atom stereocenters. The van der Waals surface area contributed by atoms with Crippen LogP contribution in [0.25, 0.3) is 0 Å². The van der Waals surface area contributed by atoms with Gasteiger partial charge in [-0.25, -0.2) is 0 Å². The minimum Gasteiger partial charge on any atom is -0.350 e. The number of carbonyl (C=O) groups is 3. The summed E-state index contributed by atoms with van der Waals surface area (Å²) in [4.78, 5) is 52.1. The fourth-order valence-corrected chi connectivity index (χ4v) is 2.87. The van der Waals surface area contributed by atoms with Crippen LogP contribution >= 0.6 is 0 Å². The molecule has 0 aliphatic carbocycles. The zero-order valence-electron chi connectivity index (χ0n) is 13.9. The molecule has 0 bridgehead atoms. The van der Waals surface area contributed by atoms with Crippen LogP contribution in [0.5, 0.6) is 0 Å². The minimum atomic E-state index is -0.506. The normalized spacial score (nSPS) is 13.1. The number of hydrogen-bond donors (Lipinski definition) is 2. The second kappa shape index (κ2) is 6.35. The molecule has 25 heavy (non-hydrogen) atoms. The Labute approximate surface area is 143 Å². The van der Waals surface area contributed by atoms with Crippen molar-refractivity contribution in [3.8, 4) is 0 Å². The van der Waals surface area contributed by atoms with Gasteiger partial charge in [0.2, 0.25) is 5.91 Å². The lowest BCUT2D eigenvalue weighted by Crippen LogP contribution is -2.40. The van der Waals surface area contributed by atoms with E-state index in [9.17, 15) is 19.2 Å². The Morgan fingerprint density at radius 3 is 2.24 bits per heavy atom. The lowest BCUT2D eigenvalue weighted by molar-refractivity contribution is -0.121. The van der Waals surface area contributed by atoms with Crippen LogP contribution in [-0.4, -0.2) is 34.2 Å². The number of hydrogen-bond acceptors (Lipinski definition) is 4. The number of aromatic amines is 1. The molecule has 1 aromatic heterocycles. The Morgan fingerprint density at radius 2 is 1.68 bits per heavy atom. The Balaban J connectivity index is 1.68. The maximum Gasteiger partial charge on any atom is 0.262 e. The van der Waals surface area contributed by atoms with E-state index in [0.717, 1.165) is 16.2 Å². The van der Waals surface area contributed by atoms with Crippen molar-refractivity contribution < 1.29 is 14.4 Å². The van der Waals surface area contributed by atoms with Gasteiger partial charge in [-0.2, -0.15) is 0 Å². The van der Waals surface area contributed by atoms with Gasteiger partial charge in [0.1, 0.15) is 6.54 Å². The highest BCUT2D eigenvalue weighted by atomic mass is 16.2. The average Bonchev–Trinajstić information content (AvgIpc) is 2.79. The molecule has 7 heteroatoms. The first-order valence-electron chi connectivity index (χ1n) is 7.80. The Bertz CT molecular complexity index is 911. The average molecular weight is 339 g/mol. The molecule has 2 N–H and O–H groups in total. The van der Waals surface area contributed by atoms with Crippen molar-refractivity contribution in [2.45, 2.75) is 20.4 Å². The van der Waals surface area contributed by atoms with Crippen molar-refractivity contribution in [3.05, 3.63) is 68.6 Å². The van der Waals surface area contributed by atoms with Crippen LogP contribution in [0.4, 0.5) is 0 Å². The molecule has 3 amide bonds. The number of rotatable bonds is 4. The van der Waals surface area contributed by atoms with E-state index in [1.165, 1.54) is 0 Å². The molecule has 1 aromatic carbocycles. The predicted molar refractivity (Wildman–Crippen MR) is 90.2 cm³/mol. The molecule has 1 aliphatic rings. The third kappa shape index (κ3) is 3.08. The summed E-state index contributed by atoms with van der Waals surface area (Å²) in [6.07, 6.45) is 0. The first-order chi connectivity index (χ1) is 11.9. The second-order valence-corrected chi connectivity index (χ2v) is 5.96. The number of nitrogens with zero attached hydrogens (tertiary/aromatic N) is 1. The Hall–Kier alpha value is -3.22. The van der Waals surface area contributed by atoms with Crippen molar-refractivity contribution in [2.75, 3.05) is 6.54 Å². The second-order valence-electron chi connectivity index (χ2n) is 5.96. The van der Waals surface area contributed by atoms with E-state index in [0.29, 0.717) is 16.7 Å². The van der Waals surface area contributed by atoms with Crippen molar-refractivity contribution in [3.63, 3.8) is 0 Å². The van der Waals surface area contributed by atoms with Gasteiger partial charge in [-0.05, 0) is 37.6 Å².